The lowest BCUT2D eigenvalue weighted by Gasteiger charge is -2.27. The van der Waals surface area contributed by atoms with E-state index in [2.05, 4.69) is 26.6 Å². The van der Waals surface area contributed by atoms with Gasteiger partial charge in [-0.1, -0.05) is 26.0 Å². The van der Waals surface area contributed by atoms with Crippen LogP contribution in [0, 0.1) is 5.92 Å². The van der Waals surface area contributed by atoms with Crippen LogP contribution in [-0.2, 0) is 41.4 Å². The number of halogens is 3. The third-order valence-corrected chi connectivity index (χ3v) is 7.40. The molecule has 0 aliphatic carbocycles. The van der Waals surface area contributed by atoms with Gasteiger partial charge in [-0.25, -0.2) is 4.79 Å². The molecule has 7 N–H and O–H groups in total. The quantitative estimate of drug-likeness (QED) is 0.119. The van der Waals surface area contributed by atoms with Crippen LogP contribution in [0.3, 0.4) is 0 Å². The zero-order valence-corrected chi connectivity index (χ0v) is 27.7. The molecule has 5 amide bonds. The average Bonchev–Trinajstić information content (AvgIpc) is 3.02. The van der Waals surface area contributed by atoms with E-state index < -0.39 is 100 Å². The minimum atomic E-state index is -4.88. The number of carbonyl (C=O) groups is 6. The summed E-state index contributed by atoms with van der Waals surface area (Å²) in [5.41, 5.74) is -2.66. The number of carboxylic acid groups (broad SMARTS) is 1. The van der Waals surface area contributed by atoms with Gasteiger partial charge in [-0.3, -0.25) is 28.8 Å². The predicted octanol–water partition coefficient (Wildman–Crippen LogP) is 1.81. The number of anilines is 1. The zero-order valence-electron chi connectivity index (χ0n) is 27.7. The summed E-state index contributed by atoms with van der Waals surface area (Å²) in [5, 5.41) is 30.4. The van der Waals surface area contributed by atoms with Crippen LogP contribution in [0.15, 0.2) is 57.7 Å². The number of carboxylic acids is 1. The number of carbonyl (C=O) groups excluding carboxylic acids is 5. The average molecular weight is 720 g/mol. The Kier molecular flexibility index (Phi) is 12.9. The van der Waals surface area contributed by atoms with Crippen molar-refractivity contribution in [1.29, 1.82) is 0 Å². The first-order chi connectivity index (χ1) is 23.7. The Morgan fingerprint density at radius 1 is 0.804 bits per heavy atom. The zero-order chi connectivity index (χ0) is 38.2. The Morgan fingerprint density at radius 3 is 2.02 bits per heavy atom. The predicted molar refractivity (Wildman–Crippen MR) is 174 cm³/mol. The first-order valence-electron chi connectivity index (χ1n) is 15.4. The summed E-state index contributed by atoms with van der Waals surface area (Å²) in [4.78, 5) is 87.6. The SMILES string of the molecule is CC(=O)N[C@H](Cc1ccc(O)cc1)C(=O)N[C@H](C(=O)N[C@H](C)C(=O)N[C@@H](CC(=O)O)C(=O)Nc1ccc2c(C(F)(F)F)cc(=O)oc2c1)C(C)C. The molecule has 0 aliphatic heterocycles. The smallest absolute Gasteiger partial charge is 0.417 e. The minimum Gasteiger partial charge on any atom is -0.508 e. The molecule has 4 atom stereocenters. The molecule has 2 aromatic carbocycles. The molecular formula is C33H36F3N5O10. The van der Waals surface area contributed by atoms with Gasteiger partial charge in [0, 0.05) is 36.6 Å². The highest BCUT2D eigenvalue weighted by atomic mass is 19.4. The van der Waals surface area contributed by atoms with Gasteiger partial charge in [0.2, 0.25) is 29.5 Å². The van der Waals surface area contributed by atoms with Gasteiger partial charge in [-0.05, 0) is 42.7 Å². The van der Waals surface area contributed by atoms with Gasteiger partial charge in [-0.2, -0.15) is 13.2 Å². The van der Waals surface area contributed by atoms with Gasteiger partial charge >= 0.3 is 17.8 Å². The molecule has 0 spiro atoms. The lowest BCUT2D eigenvalue weighted by Crippen LogP contribution is -2.58. The molecule has 274 valence electrons. The molecule has 0 fully saturated rings. The van der Waals surface area contributed by atoms with Crippen LogP contribution in [0.4, 0.5) is 18.9 Å². The number of hydrogen-bond acceptors (Lipinski definition) is 9. The maximum atomic E-state index is 13.4. The molecule has 51 heavy (non-hydrogen) atoms. The number of rotatable bonds is 14. The van der Waals surface area contributed by atoms with Gasteiger partial charge in [0.15, 0.2) is 0 Å². The normalized spacial score (nSPS) is 13.7. The number of hydrogen-bond donors (Lipinski definition) is 7. The maximum Gasteiger partial charge on any atom is 0.417 e. The van der Waals surface area contributed by atoms with Gasteiger partial charge in [0.1, 0.15) is 35.5 Å². The summed E-state index contributed by atoms with van der Waals surface area (Å²) in [6.07, 6.45) is -5.80. The molecule has 0 aliphatic rings. The highest BCUT2D eigenvalue weighted by Crippen LogP contribution is 2.34. The highest BCUT2D eigenvalue weighted by molar-refractivity contribution is 6.01. The van der Waals surface area contributed by atoms with Crippen molar-refractivity contribution in [2.45, 2.75) is 70.9 Å². The van der Waals surface area contributed by atoms with Gasteiger partial charge in [-0.15, -0.1) is 0 Å². The maximum absolute atomic E-state index is 13.4. The summed E-state index contributed by atoms with van der Waals surface area (Å²) in [5.74, 6) is -6.19. The van der Waals surface area contributed by atoms with E-state index >= 15 is 0 Å². The van der Waals surface area contributed by atoms with Crippen LogP contribution in [0.2, 0.25) is 0 Å². The second-order valence-corrected chi connectivity index (χ2v) is 11.9. The van der Waals surface area contributed by atoms with E-state index in [1.807, 2.05) is 0 Å². The number of alkyl halides is 3. The lowest BCUT2D eigenvalue weighted by molar-refractivity contribution is -0.140. The van der Waals surface area contributed by atoms with E-state index in [-0.39, 0.29) is 23.9 Å². The van der Waals surface area contributed by atoms with Crippen LogP contribution < -0.4 is 32.2 Å². The summed E-state index contributed by atoms with van der Waals surface area (Å²) < 4.78 is 45.0. The standard InChI is InChI=1S/C33H36F3N5O10/c1-15(2)28(41-31(49)23(38-17(4)42)11-18-5-8-20(43)9-6-18)32(50)37-16(3)29(47)40-24(14-26(44)45)30(48)39-19-7-10-21-22(33(34,35)36)13-27(46)51-25(21)12-19/h5-10,12-13,15-16,23-24,28,43H,11,14H2,1-4H3,(H,37,50)(H,38,42)(H,39,48)(H,40,47)(H,41,49)(H,44,45)/t16-,23-,24+,28+/m1/s1. The second-order valence-electron chi connectivity index (χ2n) is 11.9. The van der Waals surface area contributed by atoms with Gasteiger partial charge < -0.3 is 41.2 Å². The number of aromatic hydroxyl groups is 1. The van der Waals surface area contributed by atoms with Crippen molar-refractivity contribution in [2.24, 2.45) is 5.92 Å². The fourth-order valence-corrected chi connectivity index (χ4v) is 4.86. The summed E-state index contributed by atoms with van der Waals surface area (Å²) >= 11 is 0. The van der Waals surface area contributed by atoms with E-state index in [4.69, 9.17) is 4.42 Å². The first kappa shape index (κ1) is 39.5. The summed E-state index contributed by atoms with van der Waals surface area (Å²) in [7, 11) is 0. The topological polar surface area (TPSA) is 233 Å². The number of nitrogens with one attached hydrogen (secondary N) is 5. The molecule has 0 unspecified atom stereocenters. The lowest BCUT2D eigenvalue weighted by atomic mass is 10.0. The Hall–Kier alpha value is -5.94. The number of fused-ring (bicyclic) bond motifs is 1. The largest absolute Gasteiger partial charge is 0.508 e. The first-order valence-corrected chi connectivity index (χ1v) is 15.4. The van der Waals surface area contributed by atoms with Crippen molar-refractivity contribution in [1.82, 2.24) is 21.3 Å². The molecule has 0 radical (unpaired) electrons. The minimum absolute atomic E-state index is 0.00374. The molecule has 3 rings (SSSR count). The van der Waals surface area contributed by atoms with Crippen LogP contribution in [0.1, 0.15) is 45.2 Å². The highest BCUT2D eigenvalue weighted by Gasteiger charge is 2.35. The van der Waals surface area contributed by atoms with Crippen LogP contribution in [0.25, 0.3) is 11.0 Å². The molecule has 0 saturated heterocycles. The molecule has 15 nitrogen and oxygen atoms in total. The number of phenols is 1. The summed E-state index contributed by atoms with van der Waals surface area (Å²) in [6, 6.07) is 3.67. The van der Waals surface area contributed by atoms with E-state index in [0.29, 0.717) is 5.56 Å². The van der Waals surface area contributed by atoms with Crippen molar-refractivity contribution >= 4 is 52.2 Å². The number of benzene rings is 2. The van der Waals surface area contributed by atoms with Crippen molar-refractivity contribution in [3.63, 3.8) is 0 Å². The molecule has 0 saturated carbocycles. The number of phenolic OH excluding ortho intramolecular Hbond substituents is 1. The van der Waals surface area contributed by atoms with Crippen LogP contribution in [0.5, 0.6) is 5.75 Å². The monoisotopic (exact) mass is 719 g/mol. The van der Waals surface area contributed by atoms with Crippen LogP contribution in [-0.4, -0.2) is 69.9 Å². The van der Waals surface area contributed by atoms with E-state index in [1.54, 1.807) is 26.0 Å². The third kappa shape index (κ3) is 11.3. The molecular weight excluding hydrogens is 683 g/mol. The van der Waals surface area contributed by atoms with E-state index in [0.717, 1.165) is 18.2 Å². The van der Waals surface area contributed by atoms with Crippen molar-refractivity contribution in [2.75, 3.05) is 5.32 Å². The van der Waals surface area contributed by atoms with Crippen molar-refractivity contribution < 1.29 is 56.6 Å². The van der Waals surface area contributed by atoms with E-state index in [1.165, 1.54) is 26.0 Å². The van der Waals surface area contributed by atoms with Crippen molar-refractivity contribution in [3.8, 4) is 5.75 Å². The molecule has 1 heterocycles. The summed E-state index contributed by atoms with van der Waals surface area (Å²) in [6.45, 7) is 5.65. The third-order valence-electron chi connectivity index (χ3n) is 7.40. The number of aliphatic carboxylic acids is 1. The van der Waals surface area contributed by atoms with E-state index in [9.17, 15) is 56.9 Å². The van der Waals surface area contributed by atoms with Crippen LogP contribution >= 0.6 is 0 Å². The molecule has 18 heteroatoms. The second kappa shape index (κ2) is 16.6. The van der Waals surface area contributed by atoms with Gasteiger partial charge in [0.05, 0.1) is 12.0 Å². The Morgan fingerprint density at radius 2 is 1.45 bits per heavy atom. The fourth-order valence-electron chi connectivity index (χ4n) is 4.86. The Labute approximate surface area is 288 Å². The van der Waals surface area contributed by atoms with Crippen molar-refractivity contribution in [3.05, 3.63) is 70.1 Å². The molecule has 3 aromatic rings. The fraction of sp³-hybridized carbons (Fsp3) is 0.364. The molecule has 1 aromatic heterocycles. The molecule has 0 bridgehead atoms. The Bertz CT molecular complexity index is 1860. The Balaban J connectivity index is 1.71. The number of amides is 5. The van der Waals surface area contributed by atoms with Gasteiger partial charge in [0.25, 0.3) is 0 Å².